The molecule has 0 heterocycles. The van der Waals surface area contributed by atoms with Crippen molar-refractivity contribution in [1.82, 2.24) is 5.32 Å². The SMILES string of the molecule is CN[C@@H](N)Cc1ccccc1. The predicted molar refractivity (Wildman–Crippen MR) is 47.2 cm³/mol. The predicted octanol–water partition coefficient (Wildman–Crippen LogP) is 0.733. The molecule has 0 aliphatic heterocycles. The summed E-state index contributed by atoms with van der Waals surface area (Å²) in [5, 5.41) is 2.99. The lowest BCUT2D eigenvalue weighted by Gasteiger charge is -2.08. The molecule has 2 nitrogen and oxygen atoms in total. The minimum Gasteiger partial charge on any atom is -0.316 e. The molecule has 0 fully saturated rings. The van der Waals surface area contributed by atoms with Gasteiger partial charge in [0.2, 0.25) is 0 Å². The van der Waals surface area contributed by atoms with Crippen molar-refractivity contribution in [1.29, 1.82) is 0 Å². The van der Waals surface area contributed by atoms with Crippen LogP contribution in [0.5, 0.6) is 0 Å². The van der Waals surface area contributed by atoms with E-state index in [2.05, 4.69) is 17.4 Å². The molecule has 3 N–H and O–H groups in total. The molecule has 0 saturated carbocycles. The highest BCUT2D eigenvalue weighted by Gasteiger charge is 1.98. The molecule has 0 unspecified atom stereocenters. The Morgan fingerprint density at radius 3 is 2.55 bits per heavy atom. The molecule has 0 aliphatic rings. The molecule has 1 aromatic rings. The van der Waals surface area contributed by atoms with Crippen molar-refractivity contribution in [2.75, 3.05) is 7.05 Å². The van der Waals surface area contributed by atoms with Crippen LogP contribution in [0.15, 0.2) is 30.3 Å². The van der Waals surface area contributed by atoms with Gasteiger partial charge in [-0.15, -0.1) is 0 Å². The average Bonchev–Trinajstić information content (AvgIpc) is 2.06. The highest BCUT2D eigenvalue weighted by Crippen LogP contribution is 1.99. The van der Waals surface area contributed by atoms with Gasteiger partial charge in [0.15, 0.2) is 0 Å². The Kier molecular flexibility index (Phi) is 3.08. The Morgan fingerprint density at radius 1 is 1.36 bits per heavy atom. The molecule has 11 heavy (non-hydrogen) atoms. The number of nitrogens with two attached hydrogens (primary N) is 1. The maximum absolute atomic E-state index is 5.69. The summed E-state index contributed by atoms with van der Waals surface area (Å²) in [6.07, 6.45) is 0.953. The molecule has 1 rings (SSSR count). The molecule has 0 aliphatic carbocycles. The first-order valence-electron chi connectivity index (χ1n) is 3.79. The van der Waals surface area contributed by atoms with Crippen LogP contribution in [-0.2, 0) is 6.42 Å². The fourth-order valence-corrected chi connectivity index (χ4v) is 0.970. The number of nitrogens with one attached hydrogen (secondary N) is 1. The molecular weight excluding hydrogens is 136 g/mol. The lowest BCUT2D eigenvalue weighted by molar-refractivity contribution is 0.582. The zero-order chi connectivity index (χ0) is 8.10. The first-order chi connectivity index (χ1) is 5.33. The van der Waals surface area contributed by atoms with Gasteiger partial charge in [0.1, 0.15) is 0 Å². The van der Waals surface area contributed by atoms with Gasteiger partial charge in [-0.1, -0.05) is 30.3 Å². The third-order valence-corrected chi connectivity index (χ3v) is 1.67. The van der Waals surface area contributed by atoms with Crippen molar-refractivity contribution >= 4 is 0 Å². The van der Waals surface area contributed by atoms with Gasteiger partial charge in [-0.25, -0.2) is 0 Å². The van der Waals surface area contributed by atoms with E-state index in [0.717, 1.165) is 6.42 Å². The third-order valence-electron chi connectivity index (χ3n) is 1.67. The number of benzene rings is 1. The fraction of sp³-hybridized carbons (Fsp3) is 0.333. The van der Waals surface area contributed by atoms with Gasteiger partial charge in [0.05, 0.1) is 6.17 Å². The van der Waals surface area contributed by atoms with E-state index in [1.165, 1.54) is 5.56 Å². The van der Waals surface area contributed by atoms with E-state index in [9.17, 15) is 0 Å². The second kappa shape index (κ2) is 4.11. The minimum atomic E-state index is 0.0670. The molecule has 0 spiro atoms. The largest absolute Gasteiger partial charge is 0.316 e. The normalized spacial score (nSPS) is 12.9. The highest BCUT2D eigenvalue weighted by molar-refractivity contribution is 5.15. The standard InChI is InChI=1S/C9H14N2/c1-11-9(10)7-8-5-3-2-4-6-8/h2-6,9,11H,7,10H2,1H3/t9-/m1/s1. The Balaban J connectivity index is 2.51. The lowest BCUT2D eigenvalue weighted by Crippen LogP contribution is -2.36. The quantitative estimate of drug-likeness (QED) is 0.623. The number of hydrogen-bond acceptors (Lipinski definition) is 2. The van der Waals surface area contributed by atoms with Crippen LogP contribution in [0.25, 0.3) is 0 Å². The summed E-state index contributed by atoms with van der Waals surface area (Å²) >= 11 is 0. The number of hydrogen-bond donors (Lipinski definition) is 2. The van der Waals surface area contributed by atoms with E-state index < -0.39 is 0 Å². The Labute approximate surface area is 67.4 Å². The van der Waals surface area contributed by atoms with Crippen LogP contribution in [0.1, 0.15) is 5.56 Å². The van der Waals surface area contributed by atoms with E-state index in [1.807, 2.05) is 25.2 Å². The van der Waals surface area contributed by atoms with Gasteiger partial charge in [-0.05, 0) is 12.6 Å². The van der Waals surface area contributed by atoms with Crippen molar-refractivity contribution in [3.8, 4) is 0 Å². The third kappa shape index (κ3) is 2.70. The first-order valence-corrected chi connectivity index (χ1v) is 3.79. The molecule has 0 aromatic heterocycles. The van der Waals surface area contributed by atoms with E-state index in [4.69, 9.17) is 5.73 Å². The van der Waals surface area contributed by atoms with Gasteiger partial charge in [-0.2, -0.15) is 0 Å². The monoisotopic (exact) mass is 150 g/mol. The van der Waals surface area contributed by atoms with Crippen LogP contribution >= 0.6 is 0 Å². The van der Waals surface area contributed by atoms with Crippen LogP contribution in [0, 0.1) is 0 Å². The molecule has 60 valence electrons. The molecule has 0 saturated heterocycles. The zero-order valence-electron chi connectivity index (χ0n) is 6.75. The summed E-state index contributed by atoms with van der Waals surface area (Å²) in [5.74, 6) is 0. The van der Waals surface area contributed by atoms with Crippen molar-refractivity contribution in [3.63, 3.8) is 0 Å². The molecular formula is C9H14N2. The molecule has 0 bridgehead atoms. The van der Waals surface area contributed by atoms with Crippen molar-refractivity contribution in [3.05, 3.63) is 35.9 Å². The van der Waals surface area contributed by atoms with E-state index in [0.29, 0.717) is 0 Å². The van der Waals surface area contributed by atoms with Gasteiger partial charge >= 0.3 is 0 Å². The minimum absolute atomic E-state index is 0.0670. The molecule has 1 aromatic carbocycles. The molecule has 1 atom stereocenters. The van der Waals surface area contributed by atoms with E-state index >= 15 is 0 Å². The summed E-state index contributed by atoms with van der Waals surface area (Å²) in [6.45, 7) is 0. The average molecular weight is 150 g/mol. The first kappa shape index (κ1) is 8.24. The smallest absolute Gasteiger partial charge is 0.0585 e. The fourth-order valence-electron chi connectivity index (χ4n) is 0.970. The second-order valence-corrected chi connectivity index (χ2v) is 2.58. The highest BCUT2D eigenvalue weighted by atomic mass is 15.0. The Bertz CT molecular complexity index is 196. The zero-order valence-corrected chi connectivity index (χ0v) is 6.75. The molecule has 0 radical (unpaired) electrons. The number of likely N-dealkylation sites (N-methyl/N-ethyl adjacent to an activating group) is 1. The van der Waals surface area contributed by atoms with Crippen LogP contribution in [0.4, 0.5) is 0 Å². The molecule has 0 amide bonds. The van der Waals surface area contributed by atoms with E-state index in [1.54, 1.807) is 0 Å². The summed E-state index contributed by atoms with van der Waals surface area (Å²) in [5.41, 5.74) is 6.97. The molecule has 2 heteroatoms. The summed E-state index contributed by atoms with van der Waals surface area (Å²) < 4.78 is 0. The summed E-state index contributed by atoms with van der Waals surface area (Å²) in [6, 6.07) is 10.2. The van der Waals surface area contributed by atoms with Crippen LogP contribution < -0.4 is 11.1 Å². The van der Waals surface area contributed by atoms with Gasteiger partial charge in [0.25, 0.3) is 0 Å². The topological polar surface area (TPSA) is 38.0 Å². The van der Waals surface area contributed by atoms with E-state index in [-0.39, 0.29) is 6.17 Å². The summed E-state index contributed by atoms with van der Waals surface area (Å²) in [7, 11) is 1.87. The van der Waals surface area contributed by atoms with Crippen molar-refractivity contribution in [2.45, 2.75) is 12.6 Å². The van der Waals surface area contributed by atoms with Gasteiger partial charge in [0, 0.05) is 6.42 Å². The van der Waals surface area contributed by atoms with Crippen molar-refractivity contribution in [2.24, 2.45) is 5.73 Å². The van der Waals surface area contributed by atoms with Crippen LogP contribution in [0.3, 0.4) is 0 Å². The van der Waals surface area contributed by atoms with Crippen LogP contribution in [-0.4, -0.2) is 13.2 Å². The Hall–Kier alpha value is -0.860. The Morgan fingerprint density at radius 2 is 2.00 bits per heavy atom. The number of rotatable bonds is 3. The van der Waals surface area contributed by atoms with Crippen molar-refractivity contribution < 1.29 is 0 Å². The van der Waals surface area contributed by atoms with Crippen LogP contribution in [0.2, 0.25) is 0 Å². The summed E-state index contributed by atoms with van der Waals surface area (Å²) in [4.78, 5) is 0. The van der Waals surface area contributed by atoms with Gasteiger partial charge in [-0.3, -0.25) is 0 Å². The maximum Gasteiger partial charge on any atom is 0.0585 e. The second-order valence-electron chi connectivity index (χ2n) is 2.58. The maximum atomic E-state index is 5.69. The van der Waals surface area contributed by atoms with Gasteiger partial charge < -0.3 is 11.1 Å². The lowest BCUT2D eigenvalue weighted by atomic mass is 10.1.